The Morgan fingerprint density at radius 1 is 1.27 bits per heavy atom. The molecule has 15 heavy (non-hydrogen) atoms. The molecular weight excluding hydrogens is 258 g/mol. The molecule has 0 heterocycles. The minimum Gasteiger partial charge on any atom is -0.495 e. The summed E-state index contributed by atoms with van der Waals surface area (Å²) in [5.74, 6) is 1.59. The highest BCUT2D eigenvalue weighted by molar-refractivity contribution is 9.10. The van der Waals surface area contributed by atoms with Crippen LogP contribution in [-0.2, 0) is 0 Å². The lowest BCUT2D eigenvalue weighted by Gasteiger charge is -2.17. The number of rotatable bonds is 4. The van der Waals surface area contributed by atoms with E-state index in [0.717, 1.165) is 21.5 Å². The summed E-state index contributed by atoms with van der Waals surface area (Å²) in [6, 6.07) is 4.17. The molecule has 0 aliphatic heterocycles. The second kappa shape index (κ2) is 5.37. The molecular formula is C11H16BrNO2. The van der Waals surface area contributed by atoms with Crippen LogP contribution >= 0.6 is 15.9 Å². The van der Waals surface area contributed by atoms with Gasteiger partial charge < -0.3 is 14.8 Å². The van der Waals surface area contributed by atoms with Gasteiger partial charge in [0.1, 0.15) is 16.0 Å². The molecule has 4 heteroatoms. The van der Waals surface area contributed by atoms with Crippen LogP contribution in [0.4, 0.5) is 0 Å². The van der Waals surface area contributed by atoms with E-state index < -0.39 is 0 Å². The lowest BCUT2D eigenvalue weighted by Crippen LogP contribution is -2.13. The van der Waals surface area contributed by atoms with E-state index in [-0.39, 0.29) is 6.04 Å². The highest BCUT2D eigenvalue weighted by atomic mass is 79.9. The zero-order chi connectivity index (χ0) is 11.4. The van der Waals surface area contributed by atoms with E-state index in [4.69, 9.17) is 9.47 Å². The Balaban J connectivity index is 3.24. The first-order valence-corrected chi connectivity index (χ1v) is 5.52. The third-order valence-electron chi connectivity index (χ3n) is 2.42. The van der Waals surface area contributed by atoms with Gasteiger partial charge >= 0.3 is 0 Å². The van der Waals surface area contributed by atoms with Gasteiger partial charge in [-0.05, 0) is 42.0 Å². The summed E-state index contributed by atoms with van der Waals surface area (Å²) in [6.07, 6.45) is 0. The first-order chi connectivity index (χ1) is 7.15. The van der Waals surface area contributed by atoms with E-state index in [1.807, 2.05) is 19.2 Å². The standard InChI is InChI=1S/C11H16BrNO2/c1-7(13-2)8-5-6-9(14-3)10(12)11(8)15-4/h5-7,13H,1-4H3. The fourth-order valence-electron chi connectivity index (χ4n) is 1.41. The first-order valence-electron chi connectivity index (χ1n) is 4.73. The molecule has 0 radical (unpaired) electrons. The predicted molar refractivity (Wildman–Crippen MR) is 64.7 cm³/mol. The Bertz CT molecular complexity index is 342. The minimum absolute atomic E-state index is 0.238. The van der Waals surface area contributed by atoms with Gasteiger partial charge in [-0.25, -0.2) is 0 Å². The summed E-state index contributed by atoms with van der Waals surface area (Å²) < 4.78 is 11.4. The van der Waals surface area contributed by atoms with Crippen molar-refractivity contribution in [3.8, 4) is 11.5 Å². The molecule has 1 N–H and O–H groups in total. The number of ether oxygens (including phenoxy) is 2. The number of benzene rings is 1. The van der Waals surface area contributed by atoms with Gasteiger partial charge in [0.15, 0.2) is 0 Å². The van der Waals surface area contributed by atoms with Crippen molar-refractivity contribution in [1.29, 1.82) is 0 Å². The van der Waals surface area contributed by atoms with Gasteiger partial charge in [-0.1, -0.05) is 0 Å². The van der Waals surface area contributed by atoms with Crippen molar-refractivity contribution < 1.29 is 9.47 Å². The zero-order valence-corrected chi connectivity index (χ0v) is 11.0. The second-order valence-corrected chi connectivity index (χ2v) is 4.01. The second-order valence-electron chi connectivity index (χ2n) is 3.21. The maximum atomic E-state index is 5.37. The predicted octanol–water partition coefficient (Wildman–Crippen LogP) is 2.75. The average molecular weight is 274 g/mol. The molecule has 0 aliphatic carbocycles. The molecule has 84 valence electrons. The summed E-state index contributed by atoms with van der Waals surface area (Å²) in [5, 5.41) is 3.18. The summed E-state index contributed by atoms with van der Waals surface area (Å²) in [5.41, 5.74) is 1.10. The maximum absolute atomic E-state index is 5.37. The molecule has 3 nitrogen and oxygen atoms in total. The summed E-state index contributed by atoms with van der Waals surface area (Å²) in [4.78, 5) is 0. The SMILES string of the molecule is CNC(C)c1ccc(OC)c(Br)c1OC. The van der Waals surface area contributed by atoms with Crippen LogP contribution in [0.3, 0.4) is 0 Å². The minimum atomic E-state index is 0.238. The molecule has 1 rings (SSSR count). The van der Waals surface area contributed by atoms with Crippen molar-refractivity contribution in [2.75, 3.05) is 21.3 Å². The molecule has 0 amide bonds. The van der Waals surface area contributed by atoms with Crippen molar-refractivity contribution in [3.63, 3.8) is 0 Å². The summed E-state index contributed by atoms with van der Waals surface area (Å²) in [7, 11) is 5.22. The Morgan fingerprint density at radius 3 is 2.40 bits per heavy atom. The zero-order valence-electron chi connectivity index (χ0n) is 9.43. The van der Waals surface area contributed by atoms with Crippen LogP contribution < -0.4 is 14.8 Å². The topological polar surface area (TPSA) is 30.5 Å². The Morgan fingerprint density at radius 2 is 1.93 bits per heavy atom. The van der Waals surface area contributed by atoms with Crippen LogP contribution in [-0.4, -0.2) is 21.3 Å². The van der Waals surface area contributed by atoms with Crippen molar-refractivity contribution in [1.82, 2.24) is 5.32 Å². The van der Waals surface area contributed by atoms with Crippen LogP contribution in [0.25, 0.3) is 0 Å². The smallest absolute Gasteiger partial charge is 0.141 e. The maximum Gasteiger partial charge on any atom is 0.141 e. The third kappa shape index (κ3) is 2.44. The number of methoxy groups -OCH3 is 2. The van der Waals surface area contributed by atoms with E-state index in [9.17, 15) is 0 Å². The fraction of sp³-hybridized carbons (Fsp3) is 0.455. The highest BCUT2D eigenvalue weighted by Gasteiger charge is 2.15. The summed E-state index contributed by atoms with van der Waals surface area (Å²) >= 11 is 3.47. The Hall–Kier alpha value is -0.740. The van der Waals surface area contributed by atoms with Gasteiger partial charge in [0.25, 0.3) is 0 Å². The Kier molecular flexibility index (Phi) is 4.42. The van der Waals surface area contributed by atoms with Gasteiger partial charge in [0.2, 0.25) is 0 Å². The van der Waals surface area contributed by atoms with E-state index in [1.54, 1.807) is 14.2 Å². The molecule has 1 aromatic carbocycles. The van der Waals surface area contributed by atoms with Crippen molar-refractivity contribution in [2.24, 2.45) is 0 Å². The van der Waals surface area contributed by atoms with Crippen molar-refractivity contribution >= 4 is 15.9 Å². The average Bonchev–Trinajstić information content (AvgIpc) is 2.27. The molecule has 0 fully saturated rings. The van der Waals surface area contributed by atoms with E-state index >= 15 is 0 Å². The lowest BCUT2D eigenvalue weighted by molar-refractivity contribution is 0.382. The number of hydrogen-bond acceptors (Lipinski definition) is 3. The third-order valence-corrected chi connectivity index (χ3v) is 3.17. The number of hydrogen-bond donors (Lipinski definition) is 1. The molecule has 0 aromatic heterocycles. The van der Waals surface area contributed by atoms with Crippen LogP contribution in [0.15, 0.2) is 16.6 Å². The molecule has 0 saturated heterocycles. The van der Waals surface area contributed by atoms with Gasteiger partial charge in [-0.15, -0.1) is 0 Å². The first kappa shape index (κ1) is 12.3. The molecule has 0 bridgehead atoms. The normalized spacial score (nSPS) is 12.3. The van der Waals surface area contributed by atoms with E-state index in [0.29, 0.717) is 0 Å². The largest absolute Gasteiger partial charge is 0.495 e. The summed E-state index contributed by atoms with van der Waals surface area (Å²) in [6.45, 7) is 2.08. The molecule has 1 aromatic rings. The lowest BCUT2D eigenvalue weighted by atomic mass is 10.1. The Labute approximate surface area is 98.9 Å². The molecule has 0 saturated carbocycles. The highest BCUT2D eigenvalue weighted by Crippen LogP contribution is 2.39. The van der Waals surface area contributed by atoms with Gasteiger partial charge in [-0.2, -0.15) is 0 Å². The van der Waals surface area contributed by atoms with E-state index in [2.05, 4.69) is 28.2 Å². The van der Waals surface area contributed by atoms with Crippen LogP contribution in [0.2, 0.25) is 0 Å². The van der Waals surface area contributed by atoms with E-state index in [1.165, 1.54) is 0 Å². The molecule has 1 unspecified atom stereocenters. The fourth-order valence-corrected chi connectivity index (χ4v) is 2.10. The van der Waals surface area contributed by atoms with Gasteiger partial charge in [0, 0.05) is 11.6 Å². The number of nitrogens with one attached hydrogen (secondary N) is 1. The molecule has 0 aliphatic rings. The van der Waals surface area contributed by atoms with Crippen LogP contribution in [0.5, 0.6) is 11.5 Å². The van der Waals surface area contributed by atoms with Crippen molar-refractivity contribution in [3.05, 3.63) is 22.2 Å². The van der Waals surface area contributed by atoms with Crippen LogP contribution in [0, 0.1) is 0 Å². The monoisotopic (exact) mass is 273 g/mol. The van der Waals surface area contributed by atoms with Crippen molar-refractivity contribution in [2.45, 2.75) is 13.0 Å². The number of halogens is 1. The van der Waals surface area contributed by atoms with Gasteiger partial charge in [0.05, 0.1) is 14.2 Å². The quantitative estimate of drug-likeness (QED) is 0.915. The van der Waals surface area contributed by atoms with Gasteiger partial charge in [-0.3, -0.25) is 0 Å². The van der Waals surface area contributed by atoms with Crippen LogP contribution in [0.1, 0.15) is 18.5 Å². The molecule has 0 spiro atoms. The molecule has 1 atom stereocenters.